The van der Waals surface area contributed by atoms with Crippen LogP contribution in [0.4, 0.5) is 4.39 Å². The van der Waals surface area contributed by atoms with Crippen molar-refractivity contribution in [2.75, 3.05) is 7.11 Å². The second kappa shape index (κ2) is 4.07. The smallest absolute Gasteiger partial charge is 0.339 e. The lowest BCUT2D eigenvalue weighted by Gasteiger charge is -2.03. The molecule has 0 saturated carbocycles. The molecule has 0 N–H and O–H groups in total. The van der Waals surface area contributed by atoms with Crippen LogP contribution in [0.25, 0.3) is 0 Å². The zero-order valence-electron chi connectivity index (χ0n) is 6.61. The molecule has 0 bridgehead atoms. The number of methoxy groups -OCH3 is 1. The first-order valence-electron chi connectivity index (χ1n) is 3.29. The van der Waals surface area contributed by atoms with Gasteiger partial charge in [0.15, 0.2) is 5.82 Å². The predicted molar refractivity (Wildman–Crippen MR) is 50.4 cm³/mol. The molecule has 5 heteroatoms. The predicted octanol–water partition coefficient (Wildman–Crippen LogP) is 3.03. The Morgan fingerprint density at radius 3 is 2.77 bits per heavy atom. The maximum absolute atomic E-state index is 13.1. The maximum atomic E-state index is 13.1. The van der Waals surface area contributed by atoms with E-state index in [2.05, 4.69) is 20.7 Å². The fourth-order valence-corrected chi connectivity index (χ4v) is 1.48. The van der Waals surface area contributed by atoms with E-state index in [9.17, 15) is 9.18 Å². The molecule has 70 valence electrons. The van der Waals surface area contributed by atoms with Crippen LogP contribution in [0.5, 0.6) is 0 Å². The van der Waals surface area contributed by atoms with E-state index >= 15 is 0 Å². The summed E-state index contributed by atoms with van der Waals surface area (Å²) in [4.78, 5) is 11.0. The van der Waals surface area contributed by atoms with Crippen molar-refractivity contribution in [3.05, 3.63) is 33.0 Å². The molecule has 0 saturated heterocycles. The van der Waals surface area contributed by atoms with Crippen molar-refractivity contribution in [3.63, 3.8) is 0 Å². The van der Waals surface area contributed by atoms with Gasteiger partial charge in [0.1, 0.15) is 0 Å². The van der Waals surface area contributed by atoms with Crippen molar-refractivity contribution in [2.45, 2.75) is 0 Å². The van der Waals surface area contributed by atoms with Crippen molar-refractivity contribution >= 4 is 33.5 Å². The molecule has 0 radical (unpaired) electrons. The van der Waals surface area contributed by atoms with E-state index in [1.165, 1.54) is 19.2 Å². The van der Waals surface area contributed by atoms with E-state index in [1.807, 2.05) is 0 Å². The number of benzene rings is 1. The highest BCUT2D eigenvalue weighted by molar-refractivity contribution is 9.10. The lowest BCUT2D eigenvalue weighted by molar-refractivity contribution is 0.0600. The van der Waals surface area contributed by atoms with E-state index < -0.39 is 11.8 Å². The summed E-state index contributed by atoms with van der Waals surface area (Å²) in [7, 11) is 1.21. The SMILES string of the molecule is COC(=O)c1ccc(Br)c(F)c1Cl. The highest BCUT2D eigenvalue weighted by Gasteiger charge is 2.15. The van der Waals surface area contributed by atoms with E-state index in [4.69, 9.17) is 11.6 Å². The lowest BCUT2D eigenvalue weighted by Crippen LogP contribution is -2.03. The quantitative estimate of drug-likeness (QED) is 0.577. The third-order valence-corrected chi connectivity index (χ3v) is 2.42. The summed E-state index contributed by atoms with van der Waals surface area (Å²) in [6.07, 6.45) is 0. The van der Waals surface area contributed by atoms with Crippen molar-refractivity contribution in [2.24, 2.45) is 0 Å². The van der Waals surface area contributed by atoms with Gasteiger partial charge in [0.2, 0.25) is 0 Å². The largest absolute Gasteiger partial charge is 0.465 e. The Morgan fingerprint density at radius 1 is 1.62 bits per heavy atom. The van der Waals surface area contributed by atoms with Crippen molar-refractivity contribution < 1.29 is 13.9 Å². The molecular formula is C8H5BrClFO2. The van der Waals surface area contributed by atoms with Crippen molar-refractivity contribution in [3.8, 4) is 0 Å². The second-order valence-corrected chi connectivity index (χ2v) is 3.45. The zero-order chi connectivity index (χ0) is 10.0. The minimum Gasteiger partial charge on any atom is -0.465 e. The van der Waals surface area contributed by atoms with Crippen LogP contribution in [-0.2, 0) is 4.74 Å². The van der Waals surface area contributed by atoms with Crippen LogP contribution in [0.2, 0.25) is 5.02 Å². The van der Waals surface area contributed by atoms with E-state index in [0.717, 1.165) is 0 Å². The molecule has 0 aliphatic carbocycles. The van der Waals surface area contributed by atoms with Gasteiger partial charge in [0.25, 0.3) is 0 Å². The van der Waals surface area contributed by atoms with Crippen LogP contribution < -0.4 is 0 Å². The Bertz CT molecular complexity index is 354. The number of carbonyl (C=O) groups excluding carboxylic acids is 1. The molecule has 0 amide bonds. The first-order valence-corrected chi connectivity index (χ1v) is 4.47. The van der Waals surface area contributed by atoms with Crippen LogP contribution in [0.1, 0.15) is 10.4 Å². The number of hydrogen-bond acceptors (Lipinski definition) is 2. The van der Waals surface area contributed by atoms with Gasteiger partial charge < -0.3 is 4.74 Å². The standard InChI is InChI=1S/C8H5BrClFO2/c1-13-8(12)4-2-3-5(9)7(11)6(4)10/h2-3H,1H3. The van der Waals surface area contributed by atoms with Crippen LogP contribution >= 0.6 is 27.5 Å². The number of hydrogen-bond donors (Lipinski definition) is 0. The highest BCUT2D eigenvalue weighted by Crippen LogP contribution is 2.26. The fraction of sp³-hybridized carbons (Fsp3) is 0.125. The van der Waals surface area contributed by atoms with Gasteiger partial charge in [0, 0.05) is 0 Å². The molecule has 1 aromatic rings. The van der Waals surface area contributed by atoms with Gasteiger partial charge in [-0.1, -0.05) is 11.6 Å². The van der Waals surface area contributed by atoms with Gasteiger partial charge >= 0.3 is 5.97 Å². The Hall–Kier alpha value is -0.610. The summed E-state index contributed by atoms with van der Waals surface area (Å²) >= 11 is 8.51. The van der Waals surface area contributed by atoms with Crippen molar-refractivity contribution in [1.82, 2.24) is 0 Å². The molecule has 1 aromatic carbocycles. The van der Waals surface area contributed by atoms with Crippen LogP contribution in [0.3, 0.4) is 0 Å². The van der Waals surface area contributed by atoms with Gasteiger partial charge in [-0.05, 0) is 28.1 Å². The van der Waals surface area contributed by atoms with Gasteiger partial charge in [-0.3, -0.25) is 0 Å². The number of esters is 1. The van der Waals surface area contributed by atoms with E-state index in [0.29, 0.717) is 0 Å². The number of carbonyl (C=O) groups is 1. The third-order valence-electron chi connectivity index (χ3n) is 1.44. The van der Waals surface area contributed by atoms with Gasteiger partial charge in [-0.15, -0.1) is 0 Å². The van der Waals surface area contributed by atoms with E-state index in [-0.39, 0.29) is 15.1 Å². The Morgan fingerprint density at radius 2 is 2.23 bits per heavy atom. The van der Waals surface area contributed by atoms with E-state index in [1.54, 1.807) is 0 Å². The average molecular weight is 267 g/mol. The minimum atomic E-state index is -0.662. The summed E-state index contributed by atoms with van der Waals surface area (Å²) in [5, 5.41) is -0.235. The summed E-state index contributed by atoms with van der Waals surface area (Å²) < 4.78 is 17.7. The van der Waals surface area contributed by atoms with Crippen LogP contribution in [0.15, 0.2) is 16.6 Å². The van der Waals surface area contributed by atoms with Gasteiger partial charge in [0.05, 0.1) is 22.2 Å². The monoisotopic (exact) mass is 266 g/mol. The number of halogens is 3. The zero-order valence-corrected chi connectivity index (χ0v) is 8.95. The molecule has 0 fully saturated rings. The van der Waals surface area contributed by atoms with Crippen LogP contribution in [0, 0.1) is 5.82 Å². The first-order chi connectivity index (χ1) is 6.07. The Labute approximate surface area is 87.8 Å². The summed E-state index contributed by atoms with van der Waals surface area (Å²) in [6.45, 7) is 0. The minimum absolute atomic E-state index is 0.0184. The third kappa shape index (κ3) is 2.00. The van der Waals surface area contributed by atoms with Gasteiger partial charge in [-0.25, -0.2) is 9.18 Å². The highest BCUT2D eigenvalue weighted by atomic mass is 79.9. The summed E-state index contributed by atoms with van der Waals surface area (Å²) in [5.74, 6) is -1.32. The molecule has 0 aromatic heterocycles. The normalized spacial score (nSPS) is 9.85. The molecular weight excluding hydrogens is 262 g/mol. The fourth-order valence-electron chi connectivity index (χ4n) is 0.794. The lowest BCUT2D eigenvalue weighted by atomic mass is 10.2. The van der Waals surface area contributed by atoms with Crippen LogP contribution in [-0.4, -0.2) is 13.1 Å². The topological polar surface area (TPSA) is 26.3 Å². The molecule has 0 heterocycles. The molecule has 13 heavy (non-hydrogen) atoms. The van der Waals surface area contributed by atoms with Crippen molar-refractivity contribution in [1.29, 1.82) is 0 Å². The average Bonchev–Trinajstić information content (AvgIpc) is 2.13. The molecule has 2 nitrogen and oxygen atoms in total. The molecule has 0 aliphatic heterocycles. The van der Waals surface area contributed by atoms with Gasteiger partial charge in [-0.2, -0.15) is 0 Å². The molecule has 0 spiro atoms. The summed E-state index contributed by atoms with van der Waals surface area (Å²) in [6, 6.07) is 2.79. The molecule has 0 unspecified atom stereocenters. The Balaban J connectivity index is 3.26. The number of rotatable bonds is 1. The molecule has 0 atom stereocenters. The first kappa shape index (κ1) is 10.5. The molecule has 0 aliphatic rings. The molecule has 1 rings (SSSR count). The maximum Gasteiger partial charge on any atom is 0.339 e. The Kier molecular flexibility index (Phi) is 3.27. The second-order valence-electron chi connectivity index (χ2n) is 2.21. The number of ether oxygens (including phenoxy) is 1. The summed E-state index contributed by atoms with van der Waals surface area (Å²) in [5.41, 5.74) is 0.0184.